The molecule has 0 aliphatic rings. The van der Waals surface area contributed by atoms with Gasteiger partial charge in [0.05, 0.1) is 12.8 Å². The van der Waals surface area contributed by atoms with Crippen LogP contribution in [0.1, 0.15) is 13.3 Å². The number of hydrogen-bond acceptors (Lipinski definition) is 5. The quantitative estimate of drug-likeness (QED) is 0.875. The van der Waals surface area contributed by atoms with E-state index in [0.717, 1.165) is 18.7 Å². The fourth-order valence-corrected chi connectivity index (χ4v) is 1.62. The molecule has 0 aliphatic heterocycles. The second-order valence-electron chi connectivity index (χ2n) is 3.75. The number of ether oxygens (including phenoxy) is 1. The Kier molecular flexibility index (Phi) is 4.06. The molecule has 2 heterocycles. The maximum Gasteiger partial charge on any atom is 0.189 e. The van der Waals surface area contributed by atoms with Gasteiger partial charge in [-0.3, -0.25) is 4.98 Å². The lowest BCUT2D eigenvalue weighted by molar-refractivity contribution is 0.414. The Balaban J connectivity index is 2.41. The first kappa shape index (κ1) is 12.3. The molecule has 0 unspecified atom stereocenters. The summed E-state index contributed by atoms with van der Waals surface area (Å²) in [6.07, 6.45) is 4.27. The van der Waals surface area contributed by atoms with E-state index in [1.165, 1.54) is 6.33 Å². The number of rotatable bonds is 5. The molecule has 0 aromatic carbocycles. The maximum absolute atomic E-state index is 5.40. The van der Waals surface area contributed by atoms with Gasteiger partial charge in [0.1, 0.15) is 12.0 Å². The molecule has 2 aromatic rings. The second kappa shape index (κ2) is 5.95. The zero-order valence-electron chi connectivity index (χ0n) is 10.6. The van der Waals surface area contributed by atoms with Gasteiger partial charge in [0.25, 0.3) is 0 Å². The lowest BCUT2D eigenvalue weighted by Gasteiger charge is -2.12. The van der Waals surface area contributed by atoms with Crippen LogP contribution in [0.5, 0.6) is 5.75 Å². The van der Waals surface area contributed by atoms with Crippen molar-refractivity contribution >= 4 is 5.82 Å². The molecule has 0 fully saturated rings. The van der Waals surface area contributed by atoms with E-state index in [4.69, 9.17) is 4.74 Å². The average Bonchev–Trinajstić information content (AvgIpc) is 2.45. The Labute approximate surface area is 106 Å². The van der Waals surface area contributed by atoms with Crippen molar-refractivity contribution in [3.63, 3.8) is 0 Å². The first-order chi connectivity index (χ1) is 8.86. The standard InChI is InChI=1S/C13H16N4O/c1-3-7-15-13-12(18-2)11(16-9-17-13)10-6-4-5-8-14-10/h4-6,8-9H,3,7H2,1-2H3,(H,15,16,17). The largest absolute Gasteiger partial charge is 0.491 e. The van der Waals surface area contributed by atoms with Gasteiger partial charge in [-0.25, -0.2) is 9.97 Å². The Hall–Kier alpha value is -2.17. The Morgan fingerprint density at radius 2 is 2.11 bits per heavy atom. The van der Waals surface area contributed by atoms with Crippen molar-refractivity contribution in [2.45, 2.75) is 13.3 Å². The van der Waals surface area contributed by atoms with Gasteiger partial charge in [0, 0.05) is 12.7 Å². The minimum absolute atomic E-state index is 0.629. The predicted molar refractivity (Wildman–Crippen MR) is 70.6 cm³/mol. The lowest BCUT2D eigenvalue weighted by Crippen LogP contribution is -2.06. The monoisotopic (exact) mass is 244 g/mol. The third-order valence-electron chi connectivity index (χ3n) is 2.46. The van der Waals surface area contributed by atoms with Crippen LogP contribution < -0.4 is 10.1 Å². The molecule has 0 bridgehead atoms. The summed E-state index contributed by atoms with van der Waals surface area (Å²) >= 11 is 0. The number of anilines is 1. The SMILES string of the molecule is CCCNc1ncnc(-c2ccccn2)c1OC. The van der Waals surface area contributed by atoms with Gasteiger partial charge in [-0.1, -0.05) is 13.0 Å². The van der Waals surface area contributed by atoms with Crippen molar-refractivity contribution in [1.82, 2.24) is 15.0 Å². The number of aromatic nitrogens is 3. The fraction of sp³-hybridized carbons (Fsp3) is 0.308. The molecule has 94 valence electrons. The maximum atomic E-state index is 5.40. The first-order valence-corrected chi connectivity index (χ1v) is 5.91. The minimum atomic E-state index is 0.629. The van der Waals surface area contributed by atoms with Gasteiger partial charge in [-0.15, -0.1) is 0 Å². The molecular formula is C13H16N4O. The molecule has 0 amide bonds. The van der Waals surface area contributed by atoms with Crippen LogP contribution in [0.4, 0.5) is 5.82 Å². The van der Waals surface area contributed by atoms with E-state index >= 15 is 0 Å². The summed E-state index contributed by atoms with van der Waals surface area (Å²) in [6.45, 7) is 2.94. The topological polar surface area (TPSA) is 59.9 Å². The zero-order chi connectivity index (χ0) is 12.8. The molecule has 5 heteroatoms. The molecule has 0 saturated carbocycles. The van der Waals surface area contributed by atoms with Gasteiger partial charge in [0.15, 0.2) is 11.6 Å². The third-order valence-corrected chi connectivity index (χ3v) is 2.46. The molecule has 0 radical (unpaired) electrons. The molecule has 0 aliphatic carbocycles. The fourth-order valence-electron chi connectivity index (χ4n) is 1.62. The molecule has 1 N–H and O–H groups in total. The van der Waals surface area contributed by atoms with Crippen LogP contribution in [-0.2, 0) is 0 Å². The Bertz CT molecular complexity index is 502. The number of methoxy groups -OCH3 is 1. The van der Waals surface area contributed by atoms with Crippen LogP contribution >= 0.6 is 0 Å². The van der Waals surface area contributed by atoms with Crippen LogP contribution in [-0.4, -0.2) is 28.6 Å². The molecule has 18 heavy (non-hydrogen) atoms. The van der Waals surface area contributed by atoms with Gasteiger partial charge < -0.3 is 10.1 Å². The van der Waals surface area contributed by atoms with E-state index in [0.29, 0.717) is 17.3 Å². The highest BCUT2D eigenvalue weighted by atomic mass is 16.5. The molecular weight excluding hydrogens is 228 g/mol. The van der Waals surface area contributed by atoms with E-state index < -0.39 is 0 Å². The van der Waals surface area contributed by atoms with E-state index in [9.17, 15) is 0 Å². The predicted octanol–water partition coefficient (Wildman–Crippen LogP) is 2.37. The van der Waals surface area contributed by atoms with Crippen LogP contribution in [0.25, 0.3) is 11.4 Å². The van der Waals surface area contributed by atoms with Crippen molar-refractivity contribution < 1.29 is 4.74 Å². The highest BCUT2D eigenvalue weighted by molar-refractivity contribution is 5.69. The summed E-state index contributed by atoms with van der Waals surface area (Å²) in [5.41, 5.74) is 1.48. The van der Waals surface area contributed by atoms with E-state index in [2.05, 4.69) is 27.2 Å². The van der Waals surface area contributed by atoms with E-state index in [1.54, 1.807) is 13.3 Å². The van der Waals surface area contributed by atoms with Crippen molar-refractivity contribution in [2.75, 3.05) is 19.0 Å². The lowest BCUT2D eigenvalue weighted by atomic mass is 10.2. The summed E-state index contributed by atoms with van der Waals surface area (Å²) in [4.78, 5) is 12.7. The van der Waals surface area contributed by atoms with Crippen LogP contribution in [0, 0.1) is 0 Å². The molecule has 0 atom stereocenters. The van der Waals surface area contributed by atoms with Crippen molar-refractivity contribution in [1.29, 1.82) is 0 Å². The van der Waals surface area contributed by atoms with Crippen LogP contribution in [0.3, 0.4) is 0 Å². The van der Waals surface area contributed by atoms with Crippen LogP contribution in [0.15, 0.2) is 30.7 Å². The summed E-state index contributed by atoms with van der Waals surface area (Å²) in [7, 11) is 1.61. The van der Waals surface area contributed by atoms with Gasteiger partial charge >= 0.3 is 0 Å². The van der Waals surface area contributed by atoms with Crippen molar-refractivity contribution in [3.8, 4) is 17.1 Å². The van der Waals surface area contributed by atoms with Gasteiger partial charge in [-0.2, -0.15) is 0 Å². The van der Waals surface area contributed by atoms with Gasteiger partial charge in [-0.05, 0) is 18.6 Å². The smallest absolute Gasteiger partial charge is 0.189 e. The number of pyridine rings is 1. The third kappa shape index (κ3) is 2.56. The Morgan fingerprint density at radius 1 is 1.22 bits per heavy atom. The number of nitrogens with one attached hydrogen (secondary N) is 1. The highest BCUT2D eigenvalue weighted by Crippen LogP contribution is 2.31. The normalized spacial score (nSPS) is 10.1. The Morgan fingerprint density at radius 3 is 2.78 bits per heavy atom. The van der Waals surface area contributed by atoms with E-state index in [1.807, 2.05) is 18.2 Å². The highest BCUT2D eigenvalue weighted by Gasteiger charge is 2.13. The summed E-state index contributed by atoms with van der Waals surface area (Å²) in [5, 5.41) is 3.22. The molecule has 0 spiro atoms. The van der Waals surface area contributed by atoms with E-state index in [-0.39, 0.29) is 0 Å². The van der Waals surface area contributed by atoms with Crippen molar-refractivity contribution in [2.24, 2.45) is 0 Å². The second-order valence-corrected chi connectivity index (χ2v) is 3.75. The number of nitrogens with zero attached hydrogens (tertiary/aromatic N) is 3. The molecule has 5 nitrogen and oxygen atoms in total. The number of hydrogen-bond donors (Lipinski definition) is 1. The molecule has 2 aromatic heterocycles. The van der Waals surface area contributed by atoms with Crippen LogP contribution in [0.2, 0.25) is 0 Å². The summed E-state index contributed by atoms with van der Waals surface area (Å²) in [5.74, 6) is 1.33. The minimum Gasteiger partial charge on any atom is -0.491 e. The molecule has 2 rings (SSSR count). The molecule has 0 saturated heterocycles. The first-order valence-electron chi connectivity index (χ1n) is 5.91. The zero-order valence-corrected chi connectivity index (χ0v) is 10.6. The van der Waals surface area contributed by atoms with Crippen molar-refractivity contribution in [3.05, 3.63) is 30.7 Å². The average molecular weight is 244 g/mol. The summed E-state index contributed by atoms with van der Waals surface area (Å²) < 4.78 is 5.40. The summed E-state index contributed by atoms with van der Waals surface area (Å²) in [6, 6.07) is 5.69. The van der Waals surface area contributed by atoms with Gasteiger partial charge in [0.2, 0.25) is 0 Å².